The van der Waals surface area contributed by atoms with E-state index in [1.54, 1.807) is 11.3 Å². The Bertz CT molecular complexity index is 623. The number of nitrogen functional groups attached to an aromatic ring is 1. The van der Waals surface area contributed by atoms with Crippen molar-refractivity contribution in [3.8, 4) is 0 Å². The van der Waals surface area contributed by atoms with Crippen LogP contribution in [0.2, 0.25) is 0 Å². The summed E-state index contributed by atoms with van der Waals surface area (Å²) in [5.41, 5.74) is 8.99. The second-order valence-corrected chi connectivity index (χ2v) is 6.58. The number of anilines is 1. The molecule has 4 nitrogen and oxygen atoms in total. The maximum absolute atomic E-state index is 12.2. The van der Waals surface area contributed by atoms with Crippen LogP contribution in [0.5, 0.6) is 0 Å². The van der Waals surface area contributed by atoms with E-state index < -0.39 is 0 Å². The summed E-state index contributed by atoms with van der Waals surface area (Å²) in [6.45, 7) is 6.88. The quantitative estimate of drug-likeness (QED) is 0.684. The molecule has 0 saturated carbocycles. The molecule has 0 bridgehead atoms. The first-order valence-corrected chi connectivity index (χ1v) is 9.46. The third-order valence-corrected chi connectivity index (χ3v) is 5.05. The fourth-order valence-corrected chi connectivity index (χ4v) is 3.60. The lowest BCUT2D eigenvalue weighted by Gasteiger charge is -2.29. The molecule has 2 rings (SSSR count). The minimum absolute atomic E-state index is 0.0747. The Morgan fingerprint density at radius 3 is 2.62 bits per heavy atom. The zero-order valence-corrected chi connectivity index (χ0v) is 15.3. The lowest BCUT2D eigenvalue weighted by Crippen LogP contribution is -2.38. The average molecular weight is 346 g/mol. The van der Waals surface area contributed by atoms with Gasteiger partial charge < -0.3 is 11.1 Å². The van der Waals surface area contributed by atoms with Gasteiger partial charge in [0.1, 0.15) is 0 Å². The number of nitrogens with zero attached hydrogens (tertiary/aromatic N) is 1. The highest BCUT2D eigenvalue weighted by atomic mass is 32.1. The molecule has 1 atom stereocenters. The summed E-state index contributed by atoms with van der Waals surface area (Å²) in [4.78, 5) is 14.6. The average Bonchev–Trinajstić information content (AvgIpc) is 3.12. The highest BCUT2D eigenvalue weighted by Crippen LogP contribution is 2.22. The van der Waals surface area contributed by atoms with Gasteiger partial charge in [0.2, 0.25) is 5.91 Å². The van der Waals surface area contributed by atoms with Gasteiger partial charge >= 0.3 is 0 Å². The molecule has 0 aliphatic rings. The number of thiophene rings is 1. The van der Waals surface area contributed by atoms with Crippen LogP contribution in [0.25, 0.3) is 0 Å². The van der Waals surface area contributed by atoms with Gasteiger partial charge in [0.25, 0.3) is 0 Å². The Labute approximate surface area is 148 Å². The van der Waals surface area contributed by atoms with Crippen LogP contribution in [0.4, 0.5) is 5.69 Å². The molecule has 0 spiro atoms. The molecular formula is C19H27N3OS. The number of nitrogens with two attached hydrogens (primary N) is 1. The highest BCUT2D eigenvalue weighted by molar-refractivity contribution is 7.07. The van der Waals surface area contributed by atoms with Crippen molar-refractivity contribution >= 4 is 22.9 Å². The molecule has 0 saturated heterocycles. The molecule has 1 aromatic carbocycles. The topological polar surface area (TPSA) is 58.4 Å². The second kappa shape index (κ2) is 9.45. The first kappa shape index (κ1) is 18.5. The van der Waals surface area contributed by atoms with Gasteiger partial charge in [-0.05, 0) is 53.5 Å². The van der Waals surface area contributed by atoms with Crippen molar-refractivity contribution in [1.29, 1.82) is 0 Å². The van der Waals surface area contributed by atoms with Crippen molar-refractivity contribution < 1.29 is 4.79 Å². The summed E-state index contributed by atoms with van der Waals surface area (Å²) in [5.74, 6) is 0.0747. The number of carbonyl (C=O) groups is 1. The molecule has 0 fully saturated rings. The predicted octanol–water partition coefficient (Wildman–Crippen LogP) is 3.46. The third kappa shape index (κ3) is 5.08. The van der Waals surface area contributed by atoms with Crippen LogP contribution in [0.1, 0.15) is 37.4 Å². The molecule has 1 unspecified atom stereocenters. The molecule has 0 radical (unpaired) electrons. The van der Waals surface area contributed by atoms with Gasteiger partial charge in [-0.2, -0.15) is 11.3 Å². The van der Waals surface area contributed by atoms with Gasteiger partial charge in [0.05, 0.1) is 6.04 Å². The Morgan fingerprint density at radius 1 is 1.25 bits per heavy atom. The molecule has 0 aliphatic heterocycles. The molecule has 24 heavy (non-hydrogen) atoms. The van der Waals surface area contributed by atoms with Crippen LogP contribution in [-0.2, 0) is 11.2 Å². The number of hydrogen-bond donors (Lipinski definition) is 2. The second-order valence-electron chi connectivity index (χ2n) is 5.80. The minimum Gasteiger partial charge on any atom is -0.399 e. The van der Waals surface area contributed by atoms with Gasteiger partial charge in [0.15, 0.2) is 0 Å². The summed E-state index contributed by atoms with van der Waals surface area (Å²) in [7, 11) is 0. The number of carbonyl (C=O) groups excluding carboxylic acids is 1. The Balaban J connectivity index is 1.89. The van der Waals surface area contributed by atoms with Crippen molar-refractivity contribution in [1.82, 2.24) is 10.2 Å². The Hall–Kier alpha value is -1.85. The summed E-state index contributed by atoms with van der Waals surface area (Å²) in [5, 5.41) is 7.35. The van der Waals surface area contributed by atoms with E-state index in [4.69, 9.17) is 5.73 Å². The van der Waals surface area contributed by atoms with Crippen molar-refractivity contribution in [2.75, 3.05) is 25.4 Å². The molecule has 0 aliphatic carbocycles. The molecule has 2 aromatic rings. The monoisotopic (exact) mass is 345 g/mol. The maximum Gasteiger partial charge on any atom is 0.220 e. The molecule has 130 valence electrons. The zero-order chi connectivity index (χ0) is 17.4. The predicted molar refractivity (Wildman–Crippen MR) is 102 cm³/mol. The summed E-state index contributed by atoms with van der Waals surface area (Å²) < 4.78 is 0. The molecule has 3 N–H and O–H groups in total. The standard InChI is InChI=1S/C19H27N3OS/c1-3-22(4-2)18(16-11-12-24-14-16)13-21-19(23)10-9-15-7-5-6-8-17(15)20/h5-8,11-12,14,18H,3-4,9-10,13,20H2,1-2H3,(H,21,23). The van der Waals surface area contributed by atoms with E-state index in [1.165, 1.54) is 5.56 Å². The number of likely N-dealkylation sites (N-methyl/N-ethyl adjacent to an activating group) is 1. The SMILES string of the molecule is CCN(CC)C(CNC(=O)CCc1ccccc1N)c1ccsc1. The summed E-state index contributed by atoms with van der Waals surface area (Å²) in [6, 6.07) is 10.1. The third-order valence-electron chi connectivity index (χ3n) is 4.35. The summed E-state index contributed by atoms with van der Waals surface area (Å²) in [6.07, 6.45) is 1.13. The number of amides is 1. The van der Waals surface area contributed by atoms with Gasteiger partial charge in [-0.15, -0.1) is 0 Å². The number of para-hydroxylation sites is 1. The lowest BCUT2D eigenvalue weighted by atomic mass is 10.1. The van der Waals surface area contributed by atoms with Crippen LogP contribution in [0.15, 0.2) is 41.1 Å². The van der Waals surface area contributed by atoms with Gasteiger partial charge in [-0.1, -0.05) is 32.0 Å². The van der Waals surface area contributed by atoms with Crippen molar-refractivity contribution in [2.45, 2.75) is 32.7 Å². The van der Waals surface area contributed by atoms with E-state index in [9.17, 15) is 4.79 Å². The normalized spacial score (nSPS) is 12.3. The van der Waals surface area contributed by atoms with Crippen LogP contribution < -0.4 is 11.1 Å². The van der Waals surface area contributed by atoms with Crippen molar-refractivity contribution in [3.63, 3.8) is 0 Å². The van der Waals surface area contributed by atoms with E-state index in [-0.39, 0.29) is 11.9 Å². The Kier molecular flexibility index (Phi) is 7.28. The number of nitrogens with one attached hydrogen (secondary N) is 1. The largest absolute Gasteiger partial charge is 0.399 e. The van der Waals surface area contributed by atoms with E-state index in [0.29, 0.717) is 19.4 Å². The van der Waals surface area contributed by atoms with Crippen LogP contribution in [-0.4, -0.2) is 30.4 Å². The van der Waals surface area contributed by atoms with E-state index in [2.05, 4.69) is 40.9 Å². The number of benzene rings is 1. The number of aryl methyl sites for hydroxylation is 1. The number of hydrogen-bond acceptors (Lipinski definition) is 4. The first-order chi connectivity index (χ1) is 11.7. The van der Waals surface area contributed by atoms with Crippen LogP contribution in [0, 0.1) is 0 Å². The van der Waals surface area contributed by atoms with E-state index in [0.717, 1.165) is 24.3 Å². The first-order valence-electron chi connectivity index (χ1n) is 8.51. The zero-order valence-electron chi connectivity index (χ0n) is 14.5. The van der Waals surface area contributed by atoms with E-state index in [1.807, 2.05) is 24.3 Å². The lowest BCUT2D eigenvalue weighted by molar-refractivity contribution is -0.121. The molecule has 1 aromatic heterocycles. The van der Waals surface area contributed by atoms with E-state index >= 15 is 0 Å². The van der Waals surface area contributed by atoms with Crippen LogP contribution >= 0.6 is 11.3 Å². The fraction of sp³-hybridized carbons (Fsp3) is 0.421. The molecule has 1 amide bonds. The highest BCUT2D eigenvalue weighted by Gasteiger charge is 2.19. The Morgan fingerprint density at radius 2 is 2.00 bits per heavy atom. The fourth-order valence-electron chi connectivity index (χ4n) is 2.90. The van der Waals surface area contributed by atoms with Crippen LogP contribution in [0.3, 0.4) is 0 Å². The maximum atomic E-state index is 12.2. The van der Waals surface area contributed by atoms with Gasteiger partial charge in [0, 0.05) is 18.7 Å². The smallest absolute Gasteiger partial charge is 0.220 e. The van der Waals surface area contributed by atoms with Gasteiger partial charge in [-0.25, -0.2) is 0 Å². The van der Waals surface area contributed by atoms with Crippen molar-refractivity contribution in [3.05, 3.63) is 52.2 Å². The van der Waals surface area contributed by atoms with Gasteiger partial charge in [-0.3, -0.25) is 9.69 Å². The molecule has 1 heterocycles. The molecule has 5 heteroatoms. The van der Waals surface area contributed by atoms with Crippen molar-refractivity contribution in [2.24, 2.45) is 0 Å². The minimum atomic E-state index is 0.0747. The molecular weight excluding hydrogens is 318 g/mol. The summed E-state index contributed by atoms with van der Waals surface area (Å²) >= 11 is 1.70. The number of rotatable bonds is 9.